The molecule has 1 fully saturated rings. The van der Waals surface area contributed by atoms with E-state index in [4.69, 9.17) is 0 Å². The summed E-state index contributed by atoms with van der Waals surface area (Å²) in [6, 6.07) is 3.73. The summed E-state index contributed by atoms with van der Waals surface area (Å²) in [5, 5.41) is 4.15. The van der Waals surface area contributed by atoms with E-state index < -0.39 is 0 Å². The van der Waals surface area contributed by atoms with Gasteiger partial charge in [0, 0.05) is 44.4 Å². The van der Waals surface area contributed by atoms with E-state index in [1.165, 1.54) is 0 Å². The number of hydrogen-bond acceptors (Lipinski definition) is 5. The van der Waals surface area contributed by atoms with Crippen molar-refractivity contribution in [3.63, 3.8) is 0 Å². The Morgan fingerprint density at radius 2 is 2.06 bits per heavy atom. The van der Waals surface area contributed by atoms with Crippen molar-refractivity contribution in [3.8, 4) is 11.1 Å². The zero-order chi connectivity index (χ0) is 22.4. The molecule has 0 spiro atoms. The molecule has 32 heavy (non-hydrogen) atoms. The lowest BCUT2D eigenvalue weighted by Crippen LogP contribution is -2.33. The maximum absolute atomic E-state index is 15.2. The highest BCUT2D eigenvalue weighted by Gasteiger charge is 2.35. The molecule has 2 aliphatic heterocycles. The normalized spacial score (nSPS) is 19.6. The van der Waals surface area contributed by atoms with Gasteiger partial charge >= 0.3 is 0 Å². The van der Waals surface area contributed by atoms with E-state index in [1.54, 1.807) is 6.07 Å². The first-order valence-corrected chi connectivity index (χ1v) is 11.6. The van der Waals surface area contributed by atoms with Crippen molar-refractivity contribution in [2.45, 2.75) is 39.5 Å². The molecule has 172 valence electrons. The molecule has 0 radical (unpaired) electrons. The third kappa shape index (κ3) is 3.79. The van der Waals surface area contributed by atoms with Crippen LogP contribution in [0.15, 0.2) is 29.5 Å². The standard InChI is InChI=1S/C25H31FN6.2H2/c1-14(2)11-28-25-29-13-20-19(12-27-24(20)31-25)17-9-18-22(16-5-7-32(4)8-6-16)15(3)30-23(18)21(26)10-17;;/h9-10,12-14,16,22H,5-8,11H2,1-4H3,(H2,27,28,29,31);2*1H. The summed E-state index contributed by atoms with van der Waals surface area (Å²) >= 11 is 0. The Kier molecular flexibility index (Phi) is 5.45. The van der Waals surface area contributed by atoms with Crippen LogP contribution in [0, 0.1) is 17.7 Å². The Hall–Kier alpha value is -2.80. The number of H-pyrrole nitrogens is 1. The van der Waals surface area contributed by atoms with E-state index in [9.17, 15) is 0 Å². The van der Waals surface area contributed by atoms with E-state index in [-0.39, 0.29) is 14.6 Å². The molecule has 2 aliphatic rings. The minimum Gasteiger partial charge on any atom is -0.354 e. The summed E-state index contributed by atoms with van der Waals surface area (Å²) < 4.78 is 15.2. The Morgan fingerprint density at radius 1 is 1.28 bits per heavy atom. The lowest BCUT2D eigenvalue weighted by atomic mass is 9.78. The largest absolute Gasteiger partial charge is 0.354 e. The van der Waals surface area contributed by atoms with Gasteiger partial charge in [-0.25, -0.2) is 9.37 Å². The number of fused-ring (bicyclic) bond motifs is 2. The van der Waals surface area contributed by atoms with Gasteiger partial charge in [-0.3, -0.25) is 4.99 Å². The van der Waals surface area contributed by atoms with Crippen LogP contribution in [0.4, 0.5) is 16.0 Å². The average Bonchev–Trinajstić information content (AvgIpc) is 3.33. The Labute approximate surface area is 191 Å². The number of rotatable bonds is 5. The molecule has 1 saturated heterocycles. The Morgan fingerprint density at radius 3 is 2.81 bits per heavy atom. The second-order valence-corrected chi connectivity index (χ2v) is 9.70. The molecule has 2 aromatic heterocycles. The molecular formula is C25H35FN6. The molecule has 7 heteroatoms. The van der Waals surface area contributed by atoms with Gasteiger partial charge in [0.25, 0.3) is 0 Å². The van der Waals surface area contributed by atoms with Gasteiger partial charge in [0.2, 0.25) is 5.95 Å². The van der Waals surface area contributed by atoms with E-state index in [1.807, 2.05) is 19.3 Å². The number of aromatic amines is 1. The first-order chi connectivity index (χ1) is 15.4. The second-order valence-electron chi connectivity index (χ2n) is 9.70. The quantitative estimate of drug-likeness (QED) is 0.524. The van der Waals surface area contributed by atoms with Gasteiger partial charge in [-0.05, 0) is 75.0 Å². The van der Waals surface area contributed by atoms with Crippen molar-refractivity contribution in [2.75, 3.05) is 32.0 Å². The molecule has 4 heterocycles. The smallest absolute Gasteiger partial charge is 0.224 e. The fourth-order valence-electron chi connectivity index (χ4n) is 5.09. The van der Waals surface area contributed by atoms with Gasteiger partial charge < -0.3 is 15.2 Å². The first kappa shape index (κ1) is 21.1. The highest BCUT2D eigenvalue weighted by molar-refractivity contribution is 5.99. The molecular weight excluding hydrogens is 403 g/mol. The summed E-state index contributed by atoms with van der Waals surface area (Å²) in [6.45, 7) is 9.31. The van der Waals surface area contributed by atoms with Crippen LogP contribution in [0.5, 0.6) is 0 Å². The van der Waals surface area contributed by atoms with Crippen molar-refractivity contribution in [3.05, 3.63) is 35.9 Å². The van der Waals surface area contributed by atoms with E-state index in [2.05, 4.69) is 57.1 Å². The van der Waals surface area contributed by atoms with Crippen molar-refractivity contribution in [1.29, 1.82) is 0 Å². The topological polar surface area (TPSA) is 69.2 Å². The number of nitrogens with one attached hydrogen (secondary N) is 2. The monoisotopic (exact) mass is 438 g/mol. The zero-order valence-corrected chi connectivity index (χ0v) is 19.2. The second kappa shape index (κ2) is 8.28. The SMILES string of the molecule is CC1=Nc2c(F)cc(-c3c[nH]c4nc(NCC(C)C)ncc34)cc2C1C1CCN(C)CC1.[HH].[HH]. The van der Waals surface area contributed by atoms with Gasteiger partial charge in [0.1, 0.15) is 17.2 Å². The van der Waals surface area contributed by atoms with E-state index in [0.717, 1.165) is 65.9 Å². The van der Waals surface area contributed by atoms with Crippen LogP contribution in [-0.2, 0) is 0 Å². The maximum Gasteiger partial charge on any atom is 0.224 e. The summed E-state index contributed by atoms with van der Waals surface area (Å²) in [4.78, 5) is 19.3. The number of anilines is 1. The lowest BCUT2D eigenvalue weighted by molar-refractivity contribution is 0.213. The minimum absolute atomic E-state index is 0. The van der Waals surface area contributed by atoms with Gasteiger partial charge in [0.15, 0.2) is 0 Å². The molecule has 0 amide bonds. The van der Waals surface area contributed by atoms with E-state index in [0.29, 0.717) is 23.5 Å². The molecule has 0 aliphatic carbocycles. The highest BCUT2D eigenvalue weighted by atomic mass is 19.1. The number of benzene rings is 1. The highest BCUT2D eigenvalue weighted by Crippen LogP contribution is 2.46. The summed E-state index contributed by atoms with van der Waals surface area (Å²) in [6.07, 6.45) is 5.96. The molecule has 1 atom stereocenters. The van der Waals surface area contributed by atoms with Crippen molar-refractivity contribution >= 4 is 28.4 Å². The van der Waals surface area contributed by atoms with Gasteiger partial charge in [-0.15, -0.1) is 0 Å². The number of likely N-dealkylation sites (tertiary alicyclic amines) is 1. The Balaban J connectivity index is 0.00000162. The predicted octanol–water partition coefficient (Wildman–Crippen LogP) is 5.86. The minimum atomic E-state index is -0.252. The molecule has 1 unspecified atom stereocenters. The molecule has 1 aromatic carbocycles. The predicted molar refractivity (Wildman–Crippen MR) is 133 cm³/mol. The van der Waals surface area contributed by atoms with Crippen LogP contribution in [0.25, 0.3) is 22.2 Å². The fourth-order valence-corrected chi connectivity index (χ4v) is 5.09. The molecule has 5 rings (SSSR count). The van der Waals surface area contributed by atoms with Crippen LogP contribution in [-0.4, -0.2) is 52.2 Å². The van der Waals surface area contributed by atoms with Crippen LogP contribution < -0.4 is 5.32 Å². The number of piperidine rings is 1. The summed E-state index contributed by atoms with van der Waals surface area (Å²) in [7, 11) is 2.17. The average molecular weight is 439 g/mol. The number of nitrogens with zero attached hydrogens (tertiary/aromatic N) is 4. The van der Waals surface area contributed by atoms with Crippen molar-refractivity contribution in [2.24, 2.45) is 16.8 Å². The van der Waals surface area contributed by atoms with Gasteiger partial charge in [0.05, 0.1) is 0 Å². The van der Waals surface area contributed by atoms with Gasteiger partial charge in [-0.1, -0.05) is 13.8 Å². The third-order valence-electron chi connectivity index (χ3n) is 6.81. The van der Waals surface area contributed by atoms with Crippen LogP contribution in [0.3, 0.4) is 0 Å². The summed E-state index contributed by atoms with van der Waals surface area (Å²) in [5.74, 6) is 1.56. The molecule has 0 bridgehead atoms. The molecule has 6 nitrogen and oxygen atoms in total. The first-order valence-electron chi connectivity index (χ1n) is 11.6. The molecule has 2 N–H and O–H groups in total. The fraction of sp³-hybridized carbons (Fsp3) is 0.480. The number of halogens is 1. The van der Waals surface area contributed by atoms with Crippen LogP contribution in [0.1, 0.15) is 47.9 Å². The summed E-state index contributed by atoms with van der Waals surface area (Å²) in [5.41, 5.74) is 5.10. The van der Waals surface area contributed by atoms with Crippen LogP contribution in [0.2, 0.25) is 0 Å². The van der Waals surface area contributed by atoms with Crippen molar-refractivity contribution in [1.82, 2.24) is 19.9 Å². The van der Waals surface area contributed by atoms with Crippen LogP contribution >= 0.6 is 0 Å². The maximum atomic E-state index is 15.2. The lowest BCUT2D eigenvalue weighted by Gasteiger charge is -2.33. The number of aliphatic imine (C=N–C) groups is 1. The van der Waals surface area contributed by atoms with Crippen molar-refractivity contribution < 1.29 is 7.24 Å². The van der Waals surface area contributed by atoms with E-state index >= 15 is 4.39 Å². The molecule has 3 aromatic rings. The Bertz CT molecular complexity index is 1180. The number of aromatic nitrogens is 3. The van der Waals surface area contributed by atoms with Gasteiger partial charge in [-0.2, -0.15) is 4.98 Å². The zero-order valence-electron chi connectivity index (χ0n) is 19.2. The molecule has 0 saturated carbocycles. The number of hydrogen-bond donors (Lipinski definition) is 2. The third-order valence-corrected chi connectivity index (χ3v) is 6.81.